The molecule has 0 N–H and O–H groups in total. The maximum absolute atomic E-state index is 2.39. The Morgan fingerprint density at radius 2 is 1.37 bits per heavy atom. The van der Waals surface area contributed by atoms with Crippen LogP contribution >= 0.6 is 0 Å². The smallest absolute Gasteiger partial charge is 0.0102 e. The molecule has 0 bridgehead atoms. The maximum Gasteiger partial charge on any atom is -0.0102 e. The molecule has 0 fully saturated rings. The van der Waals surface area contributed by atoms with Crippen molar-refractivity contribution < 1.29 is 0 Å². The van der Waals surface area contributed by atoms with Gasteiger partial charge in [0.05, 0.1) is 0 Å². The highest BCUT2D eigenvalue weighted by atomic mass is 14.3. The van der Waals surface area contributed by atoms with Crippen LogP contribution in [0.25, 0.3) is 21.5 Å². The van der Waals surface area contributed by atoms with Crippen LogP contribution in [0.3, 0.4) is 0 Å². The molecule has 0 heteroatoms. The quantitative estimate of drug-likeness (QED) is 0.464. The Labute approximate surface area is 114 Å². The largest absolute Gasteiger partial charge is 0.0616 e. The van der Waals surface area contributed by atoms with E-state index in [1.165, 1.54) is 40.8 Å². The summed E-state index contributed by atoms with van der Waals surface area (Å²) in [6, 6.07) is 17.8. The molecule has 0 heterocycles. The molecule has 0 radical (unpaired) electrons. The predicted octanol–water partition coefficient (Wildman–Crippen LogP) is 5.43. The lowest BCUT2D eigenvalue weighted by Gasteiger charge is -2.26. The first-order valence-corrected chi connectivity index (χ1v) is 7.28. The van der Waals surface area contributed by atoms with Gasteiger partial charge in [0.1, 0.15) is 0 Å². The van der Waals surface area contributed by atoms with Crippen LogP contribution in [0, 0.1) is 0 Å². The first-order valence-electron chi connectivity index (χ1n) is 7.28. The molecule has 1 aliphatic carbocycles. The molecule has 0 nitrogen and oxygen atoms in total. The molecule has 19 heavy (non-hydrogen) atoms. The van der Waals surface area contributed by atoms with E-state index in [4.69, 9.17) is 0 Å². The summed E-state index contributed by atoms with van der Waals surface area (Å²) in [4.78, 5) is 0. The summed E-state index contributed by atoms with van der Waals surface area (Å²) in [6.07, 6.45) is 3.90. The van der Waals surface area contributed by atoms with E-state index in [0.717, 1.165) is 0 Å². The minimum Gasteiger partial charge on any atom is -0.0616 e. The Kier molecular flexibility index (Phi) is 2.38. The van der Waals surface area contributed by atoms with Crippen LogP contribution in [0.2, 0.25) is 0 Å². The van der Waals surface area contributed by atoms with Crippen molar-refractivity contribution in [3.63, 3.8) is 0 Å². The molecule has 3 aromatic carbocycles. The monoisotopic (exact) mass is 246 g/mol. The molecule has 1 unspecified atom stereocenters. The average Bonchev–Trinajstić information content (AvgIpc) is 2.47. The Hall–Kier alpha value is -1.82. The van der Waals surface area contributed by atoms with E-state index in [1.54, 1.807) is 11.1 Å². The molecule has 4 rings (SSSR count). The second-order valence-electron chi connectivity index (χ2n) is 5.78. The fourth-order valence-corrected chi connectivity index (χ4v) is 3.80. The van der Waals surface area contributed by atoms with Gasteiger partial charge in [-0.3, -0.25) is 0 Å². The first kappa shape index (κ1) is 11.0. The van der Waals surface area contributed by atoms with Gasteiger partial charge in [0, 0.05) is 0 Å². The summed E-state index contributed by atoms with van der Waals surface area (Å²) in [5.41, 5.74) is 3.22. The number of aryl methyl sites for hydroxylation is 1. The zero-order chi connectivity index (χ0) is 12.8. The Bertz CT molecular complexity index is 767. The number of fused-ring (bicyclic) bond motifs is 6. The summed E-state index contributed by atoms with van der Waals surface area (Å²) in [6.45, 7) is 2.39. The van der Waals surface area contributed by atoms with Gasteiger partial charge in [-0.15, -0.1) is 0 Å². The molecule has 0 spiro atoms. The number of benzene rings is 3. The average molecular weight is 246 g/mol. The van der Waals surface area contributed by atoms with Crippen molar-refractivity contribution in [2.45, 2.75) is 32.1 Å². The Morgan fingerprint density at radius 3 is 2.11 bits per heavy atom. The van der Waals surface area contributed by atoms with Gasteiger partial charge in [-0.05, 0) is 57.9 Å². The summed E-state index contributed by atoms with van der Waals surface area (Å²) in [7, 11) is 0. The van der Waals surface area contributed by atoms with Crippen LogP contribution in [0.4, 0.5) is 0 Å². The lowest BCUT2D eigenvalue weighted by atomic mass is 9.78. The van der Waals surface area contributed by atoms with E-state index < -0.39 is 0 Å². The van der Waals surface area contributed by atoms with Crippen molar-refractivity contribution in [3.8, 4) is 0 Å². The first-order chi connectivity index (χ1) is 9.36. The third-order valence-electron chi connectivity index (χ3n) is 4.64. The zero-order valence-corrected chi connectivity index (χ0v) is 11.3. The summed E-state index contributed by atoms with van der Waals surface area (Å²) in [5, 5.41) is 5.79. The molecule has 0 saturated heterocycles. The van der Waals surface area contributed by atoms with Gasteiger partial charge in [0.25, 0.3) is 0 Å². The highest BCUT2D eigenvalue weighted by Gasteiger charge is 2.21. The third kappa shape index (κ3) is 1.53. The van der Waals surface area contributed by atoms with E-state index in [0.29, 0.717) is 5.92 Å². The molecule has 3 aromatic rings. The van der Waals surface area contributed by atoms with Gasteiger partial charge in [0.15, 0.2) is 0 Å². The molecule has 0 aromatic heterocycles. The van der Waals surface area contributed by atoms with E-state index >= 15 is 0 Å². The highest BCUT2D eigenvalue weighted by molar-refractivity contribution is 6.11. The second kappa shape index (κ2) is 4.09. The summed E-state index contributed by atoms with van der Waals surface area (Å²) < 4.78 is 0. The minimum atomic E-state index is 0.693. The summed E-state index contributed by atoms with van der Waals surface area (Å²) in [5.74, 6) is 0.693. The normalized spacial score (nSPS) is 18.7. The van der Waals surface area contributed by atoms with Crippen LogP contribution in [0.15, 0.2) is 48.5 Å². The number of rotatable bonds is 0. The van der Waals surface area contributed by atoms with Crippen LogP contribution < -0.4 is 0 Å². The van der Waals surface area contributed by atoms with Gasteiger partial charge in [0.2, 0.25) is 0 Å². The van der Waals surface area contributed by atoms with Gasteiger partial charge < -0.3 is 0 Å². The molecular weight excluding hydrogens is 228 g/mol. The van der Waals surface area contributed by atoms with Crippen LogP contribution in [0.1, 0.15) is 36.8 Å². The molecule has 1 atom stereocenters. The fourth-order valence-electron chi connectivity index (χ4n) is 3.80. The summed E-state index contributed by atoms with van der Waals surface area (Å²) >= 11 is 0. The van der Waals surface area contributed by atoms with Gasteiger partial charge in [-0.2, -0.15) is 0 Å². The zero-order valence-electron chi connectivity index (χ0n) is 11.3. The second-order valence-corrected chi connectivity index (χ2v) is 5.78. The van der Waals surface area contributed by atoms with Gasteiger partial charge in [-0.25, -0.2) is 0 Å². The van der Waals surface area contributed by atoms with E-state index in [-0.39, 0.29) is 0 Å². The molecule has 1 aliphatic rings. The Balaban J connectivity index is 2.28. The van der Waals surface area contributed by atoms with E-state index in [2.05, 4.69) is 55.5 Å². The van der Waals surface area contributed by atoms with Crippen LogP contribution in [-0.4, -0.2) is 0 Å². The van der Waals surface area contributed by atoms with Gasteiger partial charge >= 0.3 is 0 Å². The van der Waals surface area contributed by atoms with Crippen molar-refractivity contribution >= 4 is 21.5 Å². The minimum absolute atomic E-state index is 0.693. The molecular formula is C19H18. The lowest BCUT2D eigenvalue weighted by Crippen LogP contribution is -2.08. The Morgan fingerprint density at radius 1 is 0.789 bits per heavy atom. The molecule has 0 aliphatic heterocycles. The standard InChI is InChI=1S/C19H18/c1-13-7-6-12-18-16-9-3-2-8-14(16)15-10-4-5-11-17(15)19(13)18/h2-5,8-11,13H,6-7,12H2,1H3. The fraction of sp³-hybridized carbons (Fsp3) is 0.263. The van der Waals surface area contributed by atoms with Gasteiger partial charge in [-0.1, -0.05) is 55.5 Å². The van der Waals surface area contributed by atoms with Crippen molar-refractivity contribution in [2.24, 2.45) is 0 Å². The highest BCUT2D eigenvalue weighted by Crippen LogP contribution is 2.41. The van der Waals surface area contributed by atoms with Crippen LogP contribution in [0.5, 0.6) is 0 Å². The van der Waals surface area contributed by atoms with Crippen molar-refractivity contribution in [1.29, 1.82) is 0 Å². The topological polar surface area (TPSA) is 0 Å². The van der Waals surface area contributed by atoms with Crippen LogP contribution in [-0.2, 0) is 6.42 Å². The van der Waals surface area contributed by atoms with Crippen molar-refractivity contribution in [1.82, 2.24) is 0 Å². The molecule has 94 valence electrons. The van der Waals surface area contributed by atoms with E-state index in [9.17, 15) is 0 Å². The maximum atomic E-state index is 2.39. The predicted molar refractivity (Wildman–Crippen MR) is 82.8 cm³/mol. The van der Waals surface area contributed by atoms with E-state index in [1.807, 2.05) is 0 Å². The van der Waals surface area contributed by atoms with Crippen molar-refractivity contribution in [2.75, 3.05) is 0 Å². The lowest BCUT2D eigenvalue weighted by molar-refractivity contribution is 0.597. The number of hydrogen-bond acceptors (Lipinski definition) is 0. The number of hydrogen-bond donors (Lipinski definition) is 0. The SMILES string of the molecule is CC1CCCc2c1c1ccccc1c1ccccc21. The third-order valence-corrected chi connectivity index (χ3v) is 4.64. The molecule has 0 amide bonds. The van der Waals surface area contributed by atoms with Crippen molar-refractivity contribution in [3.05, 3.63) is 59.7 Å². The molecule has 0 saturated carbocycles.